The highest BCUT2D eigenvalue weighted by atomic mass is 14.0. The second-order valence-corrected chi connectivity index (χ2v) is 5.01. The predicted molar refractivity (Wildman–Crippen MR) is 88.1 cm³/mol. The van der Waals surface area contributed by atoms with Crippen molar-refractivity contribution >= 4 is 0 Å². The van der Waals surface area contributed by atoms with Crippen molar-refractivity contribution in [2.24, 2.45) is 0 Å². The summed E-state index contributed by atoms with van der Waals surface area (Å²) in [6, 6.07) is 0. The Kier molecular flexibility index (Phi) is 16.0. The molecule has 0 bridgehead atoms. The summed E-state index contributed by atoms with van der Waals surface area (Å²) in [5.41, 5.74) is 0. The third-order valence-corrected chi connectivity index (χ3v) is 3.17. The Bertz CT molecular complexity index is 255. The normalized spacial score (nSPS) is 12.1. The van der Waals surface area contributed by atoms with E-state index in [1.54, 1.807) is 0 Å². The van der Waals surface area contributed by atoms with Gasteiger partial charge in [0, 0.05) is 0 Å². The number of rotatable bonds is 13. The van der Waals surface area contributed by atoms with Crippen LogP contribution in [-0.2, 0) is 0 Å². The second-order valence-electron chi connectivity index (χ2n) is 5.01. The fraction of sp³-hybridized carbons (Fsp3) is 0.579. The highest BCUT2D eigenvalue weighted by molar-refractivity contribution is 5.13. The van der Waals surface area contributed by atoms with Crippen molar-refractivity contribution in [3.05, 3.63) is 49.1 Å². The molecule has 0 rings (SSSR count). The summed E-state index contributed by atoms with van der Waals surface area (Å²) < 4.78 is 0. The van der Waals surface area contributed by atoms with Gasteiger partial charge in [-0.1, -0.05) is 107 Å². The van der Waals surface area contributed by atoms with Gasteiger partial charge >= 0.3 is 0 Å². The quantitative estimate of drug-likeness (QED) is 0.259. The highest BCUT2D eigenvalue weighted by Crippen LogP contribution is 2.10. The SMILES string of the molecule is [CH]=CC=CC=CC=CCCCCCCCCCCC. The zero-order chi connectivity index (χ0) is 14.0. The van der Waals surface area contributed by atoms with Crippen LogP contribution < -0.4 is 0 Å². The van der Waals surface area contributed by atoms with Gasteiger partial charge in [0.2, 0.25) is 0 Å². The molecule has 0 heteroatoms. The molecule has 0 fully saturated rings. The smallest absolute Gasteiger partial charge is 0.0348 e. The van der Waals surface area contributed by atoms with Gasteiger partial charge in [-0.05, 0) is 12.8 Å². The van der Waals surface area contributed by atoms with Gasteiger partial charge in [0.25, 0.3) is 0 Å². The first-order chi connectivity index (χ1) is 9.41. The van der Waals surface area contributed by atoms with Crippen molar-refractivity contribution in [2.75, 3.05) is 0 Å². The standard InChI is InChI=1S/C19H31/c1-3-5-7-9-11-13-15-17-19-18-16-14-12-10-8-6-4-2/h1,3,5,7,9,11,13,15H,4,6,8,10,12,14,16-19H2,2H3. The van der Waals surface area contributed by atoms with E-state index >= 15 is 0 Å². The minimum absolute atomic E-state index is 1.20. The Labute approximate surface area is 121 Å². The topological polar surface area (TPSA) is 0 Å². The second kappa shape index (κ2) is 17.0. The maximum absolute atomic E-state index is 5.22. The average molecular weight is 259 g/mol. The third kappa shape index (κ3) is 17.0. The number of allylic oxidation sites excluding steroid dienone is 7. The summed E-state index contributed by atoms with van der Waals surface area (Å²) in [6.07, 6.45) is 27.5. The van der Waals surface area contributed by atoms with Crippen molar-refractivity contribution in [2.45, 2.75) is 71.1 Å². The van der Waals surface area contributed by atoms with E-state index in [2.05, 4.69) is 19.1 Å². The van der Waals surface area contributed by atoms with Crippen molar-refractivity contribution in [3.8, 4) is 0 Å². The summed E-state index contributed by atoms with van der Waals surface area (Å²) in [5, 5.41) is 0. The molecule has 0 unspecified atom stereocenters. The van der Waals surface area contributed by atoms with E-state index in [9.17, 15) is 0 Å². The lowest BCUT2D eigenvalue weighted by atomic mass is 10.1. The van der Waals surface area contributed by atoms with Gasteiger partial charge in [-0.25, -0.2) is 0 Å². The molecular formula is C19H31. The maximum atomic E-state index is 5.22. The van der Waals surface area contributed by atoms with E-state index in [1.807, 2.05) is 24.3 Å². The lowest BCUT2D eigenvalue weighted by molar-refractivity contribution is 0.566. The fourth-order valence-electron chi connectivity index (χ4n) is 2.00. The van der Waals surface area contributed by atoms with Crippen LogP contribution in [0.1, 0.15) is 71.1 Å². The molecule has 0 atom stereocenters. The van der Waals surface area contributed by atoms with E-state index in [-0.39, 0.29) is 0 Å². The van der Waals surface area contributed by atoms with Gasteiger partial charge in [-0.15, -0.1) is 0 Å². The summed E-state index contributed by atoms with van der Waals surface area (Å²) in [5.74, 6) is 0. The van der Waals surface area contributed by atoms with Gasteiger partial charge in [0.1, 0.15) is 0 Å². The Morgan fingerprint density at radius 2 is 1.16 bits per heavy atom. The molecule has 0 aliphatic heterocycles. The number of unbranched alkanes of at least 4 members (excludes halogenated alkanes) is 9. The molecule has 0 heterocycles. The molecule has 0 N–H and O–H groups in total. The first-order valence-corrected chi connectivity index (χ1v) is 7.95. The van der Waals surface area contributed by atoms with E-state index in [0.717, 1.165) is 0 Å². The van der Waals surface area contributed by atoms with Crippen LogP contribution in [0.3, 0.4) is 0 Å². The van der Waals surface area contributed by atoms with Crippen LogP contribution in [0.4, 0.5) is 0 Å². The molecule has 107 valence electrons. The first-order valence-electron chi connectivity index (χ1n) is 7.95. The van der Waals surface area contributed by atoms with Crippen LogP contribution in [0.25, 0.3) is 0 Å². The van der Waals surface area contributed by atoms with Gasteiger partial charge in [0.15, 0.2) is 0 Å². The van der Waals surface area contributed by atoms with Gasteiger partial charge in [-0.2, -0.15) is 0 Å². The van der Waals surface area contributed by atoms with E-state index in [4.69, 9.17) is 6.58 Å². The van der Waals surface area contributed by atoms with Crippen LogP contribution in [0.5, 0.6) is 0 Å². The third-order valence-electron chi connectivity index (χ3n) is 3.17. The number of hydrogen-bond donors (Lipinski definition) is 0. The maximum Gasteiger partial charge on any atom is -0.0348 e. The first kappa shape index (κ1) is 18.0. The monoisotopic (exact) mass is 259 g/mol. The molecule has 1 radical (unpaired) electrons. The van der Waals surface area contributed by atoms with Crippen molar-refractivity contribution in [3.63, 3.8) is 0 Å². The zero-order valence-corrected chi connectivity index (χ0v) is 12.7. The molecule has 0 spiro atoms. The molecule has 0 amide bonds. The fourth-order valence-corrected chi connectivity index (χ4v) is 2.00. The average Bonchev–Trinajstić information content (AvgIpc) is 2.43. The van der Waals surface area contributed by atoms with Crippen molar-refractivity contribution in [1.82, 2.24) is 0 Å². The summed E-state index contributed by atoms with van der Waals surface area (Å²) >= 11 is 0. The minimum atomic E-state index is 1.20. The Balaban J connectivity index is 3.17. The lowest BCUT2D eigenvalue weighted by Crippen LogP contribution is -1.80. The zero-order valence-electron chi connectivity index (χ0n) is 12.7. The molecule has 0 saturated carbocycles. The van der Waals surface area contributed by atoms with Crippen LogP contribution in [0, 0.1) is 6.58 Å². The largest absolute Gasteiger partial charge is 0.0845 e. The van der Waals surface area contributed by atoms with Gasteiger partial charge < -0.3 is 0 Å². The van der Waals surface area contributed by atoms with Crippen molar-refractivity contribution < 1.29 is 0 Å². The molecule has 0 nitrogen and oxygen atoms in total. The molecule has 0 saturated heterocycles. The predicted octanol–water partition coefficient (Wildman–Crippen LogP) is 6.57. The van der Waals surface area contributed by atoms with E-state index < -0.39 is 0 Å². The van der Waals surface area contributed by atoms with Crippen LogP contribution in [0.15, 0.2) is 42.5 Å². The minimum Gasteiger partial charge on any atom is -0.0845 e. The Morgan fingerprint density at radius 1 is 0.632 bits per heavy atom. The molecule has 0 aromatic carbocycles. The van der Waals surface area contributed by atoms with Crippen LogP contribution in [0.2, 0.25) is 0 Å². The van der Waals surface area contributed by atoms with E-state index in [1.165, 1.54) is 70.3 Å². The molecule has 0 aliphatic rings. The van der Waals surface area contributed by atoms with Gasteiger partial charge in [0.05, 0.1) is 0 Å². The summed E-state index contributed by atoms with van der Waals surface area (Å²) in [7, 11) is 0. The lowest BCUT2D eigenvalue weighted by Gasteiger charge is -2.00. The summed E-state index contributed by atoms with van der Waals surface area (Å²) in [4.78, 5) is 0. The molecule has 19 heavy (non-hydrogen) atoms. The Hall–Kier alpha value is -1.04. The molecule has 0 aromatic heterocycles. The summed E-state index contributed by atoms with van der Waals surface area (Å²) in [6.45, 7) is 7.49. The Morgan fingerprint density at radius 3 is 1.79 bits per heavy atom. The van der Waals surface area contributed by atoms with Gasteiger partial charge in [-0.3, -0.25) is 0 Å². The molecular weight excluding hydrogens is 228 g/mol. The van der Waals surface area contributed by atoms with E-state index in [0.29, 0.717) is 0 Å². The highest BCUT2D eigenvalue weighted by Gasteiger charge is 1.90. The van der Waals surface area contributed by atoms with Crippen LogP contribution in [-0.4, -0.2) is 0 Å². The van der Waals surface area contributed by atoms with Crippen molar-refractivity contribution in [1.29, 1.82) is 0 Å². The molecule has 0 aliphatic carbocycles. The molecule has 0 aromatic rings. The van der Waals surface area contributed by atoms with Crippen LogP contribution >= 0.6 is 0 Å². The number of hydrogen-bond acceptors (Lipinski definition) is 0.